The molecule has 0 saturated heterocycles. The lowest BCUT2D eigenvalue weighted by atomic mass is 10.3. The number of aryl methyl sites for hydroxylation is 1. The Morgan fingerprint density at radius 1 is 1.44 bits per heavy atom. The molecule has 0 spiro atoms. The van der Waals surface area contributed by atoms with Gasteiger partial charge in [0.15, 0.2) is 5.16 Å². The third-order valence-corrected chi connectivity index (χ3v) is 4.66. The van der Waals surface area contributed by atoms with Crippen LogP contribution in [-0.2, 0) is 6.42 Å². The highest BCUT2D eigenvalue weighted by Gasteiger charge is 2.12. The van der Waals surface area contributed by atoms with Gasteiger partial charge in [-0.15, -0.1) is 11.3 Å². The van der Waals surface area contributed by atoms with Crippen LogP contribution >= 0.6 is 34.7 Å². The van der Waals surface area contributed by atoms with Crippen LogP contribution in [0.15, 0.2) is 28.6 Å². The first kappa shape index (κ1) is 12.0. The summed E-state index contributed by atoms with van der Waals surface area (Å²) in [6.45, 7) is 2.12. The fourth-order valence-corrected chi connectivity index (χ4v) is 3.69. The zero-order valence-corrected chi connectivity index (χ0v) is 11.9. The second-order valence-corrected chi connectivity index (χ2v) is 6.01. The summed E-state index contributed by atoms with van der Waals surface area (Å²) in [4.78, 5) is 18.0. The normalized spacial score (nSPS) is 11.2. The molecule has 3 aromatic heterocycles. The number of halogens is 1. The molecule has 0 radical (unpaired) electrons. The average Bonchev–Trinajstić information content (AvgIpc) is 2.97. The Labute approximate surface area is 117 Å². The molecule has 4 nitrogen and oxygen atoms in total. The van der Waals surface area contributed by atoms with E-state index >= 15 is 0 Å². The van der Waals surface area contributed by atoms with Crippen molar-refractivity contribution in [2.75, 3.05) is 0 Å². The van der Waals surface area contributed by atoms with Gasteiger partial charge in [-0.3, -0.25) is 0 Å². The molecule has 0 aliphatic rings. The van der Waals surface area contributed by atoms with Gasteiger partial charge in [0, 0.05) is 22.7 Å². The van der Waals surface area contributed by atoms with E-state index in [1.54, 1.807) is 23.7 Å². The SMILES string of the molecule is CCc1cc2c(Sc3ncc[nH]3)nc(Cl)nc2s1. The molecule has 0 unspecified atom stereocenters. The van der Waals surface area contributed by atoms with Gasteiger partial charge in [-0.25, -0.2) is 15.0 Å². The minimum Gasteiger partial charge on any atom is -0.339 e. The van der Waals surface area contributed by atoms with Crippen molar-refractivity contribution in [3.63, 3.8) is 0 Å². The highest BCUT2D eigenvalue weighted by molar-refractivity contribution is 7.99. The largest absolute Gasteiger partial charge is 0.339 e. The van der Waals surface area contributed by atoms with Crippen LogP contribution in [0.2, 0.25) is 5.28 Å². The summed E-state index contributed by atoms with van der Waals surface area (Å²) in [5.74, 6) is 0. The van der Waals surface area contributed by atoms with Crippen LogP contribution in [0.1, 0.15) is 11.8 Å². The molecular weight excluding hydrogens is 288 g/mol. The summed E-state index contributed by atoms with van der Waals surface area (Å²) in [6.07, 6.45) is 4.49. The molecule has 0 bridgehead atoms. The number of fused-ring (bicyclic) bond motifs is 1. The maximum Gasteiger partial charge on any atom is 0.224 e. The number of aromatic amines is 1. The summed E-state index contributed by atoms with van der Waals surface area (Å²) in [5, 5.41) is 2.97. The van der Waals surface area contributed by atoms with E-state index in [0.29, 0.717) is 0 Å². The Balaban J connectivity index is 2.11. The monoisotopic (exact) mass is 296 g/mol. The van der Waals surface area contributed by atoms with Gasteiger partial charge >= 0.3 is 0 Å². The van der Waals surface area contributed by atoms with Crippen molar-refractivity contribution >= 4 is 44.9 Å². The second kappa shape index (κ2) is 4.87. The van der Waals surface area contributed by atoms with Gasteiger partial charge in [0.25, 0.3) is 0 Å². The van der Waals surface area contributed by atoms with Gasteiger partial charge in [0.1, 0.15) is 9.86 Å². The van der Waals surface area contributed by atoms with Crippen LogP contribution in [0.5, 0.6) is 0 Å². The Morgan fingerprint density at radius 2 is 2.33 bits per heavy atom. The minimum absolute atomic E-state index is 0.279. The third kappa shape index (κ3) is 2.23. The number of rotatable bonds is 3. The zero-order chi connectivity index (χ0) is 12.5. The molecule has 0 amide bonds. The molecule has 0 aliphatic carbocycles. The van der Waals surface area contributed by atoms with Crippen LogP contribution in [0.4, 0.5) is 0 Å². The van der Waals surface area contributed by atoms with E-state index in [1.165, 1.54) is 16.6 Å². The molecule has 18 heavy (non-hydrogen) atoms. The lowest BCUT2D eigenvalue weighted by Gasteiger charge is -1.99. The smallest absolute Gasteiger partial charge is 0.224 e. The van der Waals surface area contributed by atoms with Crippen LogP contribution in [0.25, 0.3) is 10.2 Å². The van der Waals surface area contributed by atoms with Crippen LogP contribution in [-0.4, -0.2) is 19.9 Å². The second-order valence-electron chi connectivity index (χ2n) is 3.58. The van der Waals surface area contributed by atoms with E-state index in [9.17, 15) is 0 Å². The molecule has 0 aromatic carbocycles. The van der Waals surface area contributed by atoms with E-state index in [2.05, 4.69) is 32.9 Å². The fraction of sp³-hybridized carbons (Fsp3) is 0.182. The molecule has 92 valence electrons. The quantitative estimate of drug-likeness (QED) is 0.590. The number of hydrogen-bond acceptors (Lipinski definition) is 5. The highest BCUT2D eigenvalue weighted by atomic mass is 35.5. The van der Waals surface area contributed by atoms with Gasteiger partial charge < -0.3 is 4.98 Å². The van der Waals surface area contributed by atoms with E-state index in [1.807, 2.05) is 0 Å². The van der Waals surface area contributed by atoms with E-state index < -0.39 is 0 Å². The molecule has 7 heteroatoms. The highest BCUT2D eigenvalue weighted by Crippen LogP contribution is 2.34. The summed E-state index contributed by atoms with van der Waals surface area (Å²) >= 11 is 9.08. The van der Waals surface area contributed by atoms with Crippen LogP contribution in [0, 0.1) is 0 Å². The molecule has 0 fully saturated rings. The maximum atomic E-state index is 5.96. The number of thiophene rings is 1. The van der Waals surface area contributed by atoms with Crippen LogP contribution < -0.4 is 0 Å². The number of H-pyrrole nitrogens is 1. The molecule has 0 aliphatic heterocycles. The first-order chi connectivity index (χ1) is 8.76. The lowest BCUT2D eigenvalue weighted by molar-refractivity contribution is 1.04. The summed E-state index contributed by atoms with van der Waals surface area (Å²) in [6, 6.07) is 2.13. The first-order valence-corrected chi connectivity index (χ1v) is 7.40. The lowest BCUT2D eigenvalue weighted by Crippen LogP contribution is -1.86. The minimum atomic E-state index is 0.279. The van der Waals surface area contributed by atoms with Crippen molar-refractivity contribution in [2.24, 2.45) is 0 Å². The van der Waals surface area contributed by atoms with E-state index in [0.717, 1.165) is 26.8 Å². The summed E-state index contributed by atoms with van der Waals surface area (Å²) < 4.78 is 0. The topological polar surface area (TPSA) is 54.5 Å². The molecule has 3 aromatic rings. The fourth-order valence-electron chi connectivity index (χ4n) is 1.57. The number of hydrogen-bond donors (Lipinski definition) is 1. The predicted molar refractivity (Wildman–Crippen MR) is 74.5 cm³/mol. The van der Waals surface area contributed by atoms with Crippen molar-refractivity contribution < 1.29 is 0 Å². The molecular formula is C11H9ClN4S2. The molecule has 3 rings (SSSR count). The maximum absolute atomic E-state index is 5.96. The van der Waals surface area contributed by atoms with E-state index in [-0.39, 0.29) is 5.28 Å². The zero-order valence-electron chi connectivity index (χ0n) is 9.48. The van der Waals surface area contributed by atoms with Crippen LogP contribution in [0.3, 0.4) is 0 Å². The first-order valence-electron chi connectivity index (χ1n) is 5.39. The van der Waals surface area contributed by atoms with Gasteiger partial charge in [-0.05, 0) is 35.9 Å². The van der Waals surface area contributed by atoms with Gasteiger partial charge in [-0.2, -0.15) is 0 Å². The van der Waals surface area contributed by atoms with Crippen molar-refractivity contribution in [1.29, 1.82) is 0 Å². The third-order valence-electron chi connectivity index (χ3n) is 2.40. The van der Waals surface area contributed by atoms with Gasteiger partial charge in [0.2, 0.25) is 5.28 Å². The Morgan fingerprint density at radius 3 is 3.06 bits per heavy atom. The Bertz CT molecular complexity index is 678. The number of aromatic nitrogens is 4. The Hall–Kier alpha value is -1.11. The standard InChI is InChI=1S/C11H9ClN4S2/c1-2-6-5-7-8(17-6)15-10(12)16-9(7)18-11-13-3-4-14-11/h3-5H,2H2,1H3,(H,13,14). The molecule has 1 N–H and O–H groups in total. The van der Waals surface area contributed by atoms with Gasteiger partial charge in [0.05, 0.1) is 0 Å². The number of nitrogens with zero attached hydrogens (tertiary/aromatic N) is 3. The van der Waals surface area contributed by atoms with Crippen molar-refractivity contribution in [1.82, 2.24) is 19.9 Å². The average molecular weight is 297 g/mol. The molecule has 0 saturated carbocycles. The molecule has 0 atom stereocenters. The van der Waals surface area contributed by atoms with Crippen molar-refractivity contribution in [3.8, 4) is 0 Å². The predicted octanol–water partition coefficient (Wildman–Crippen LogP) is 3.78. The number of imidazole rings is 1. The van der Waals surface area contributed by atoms with Crippen molar-refractivity contribution in [2.45, 2.75) is 23.5 Å². The molecule has 3 heterocycles. The van der Waals surface area contributed by atoms with Crippen molar-refractivity contribution in [3.05, 3.63) is 28.6 Å². The Kier molecular flexibility index (Phi) is 3.23. The number of nitrogens with one attached hydrogen (secondary N) is 1. The summed E-state index contributed by atoms with van der Waals surface area (Å²) in [7, 11) is 0. The van der Waals surface area contributed by atoms with Gasteiger partial charge in [-0.1, -0.05) is 6.92 Å². The summed E-state index contributed by atoms with van der Waals surface area (Å²) in [5.41, 5.74) is 0. The van der Waals surface area contributed by atoms with E-state index in [4.69, 9.17) is 11.6 Å².